The fourth-order valence-electron chi connectivity index (χ4n) is 1.01. The largest absolute Gasteiger partial charge is 0.480 e. The summed E-state index contributed by atoms with van der Waals surface area (Å²) in [6, 6.07) is 4.36. The van der Waals surface area contributed by atoms with E-state index in [1.807, 2.05) is 0 Å². The highest BCUT2D eigenvalue weighted by atomic mass is 79.9. The molecule has 5 heteroatoms. The number of hydrogen-bond donors (Lipinski definition) is 2. The van der Waals surface area contributed by atoms with Gasteiger partial charge < -0.3 is 10.8 Å². The fraction of sp³-hybridized carbons (Fsp3) is 0.222. The summed E-state index contributed by atoms with van der Waals surface area (Å²) in [7, 11) is 0. The van der Waals surface area contributed by atoms with Gasteiger partial charge in [-0.15, -0.1) is 0 Å². The molecule has 0 spiro atoms. The molecule has 0 aliphatic carbocycles. The first-order valence-electron chi connectivity index (χ1n) is 3.93. The molecule has 0 heterocycles. The van der Waals surface area contributed by atoms with Crippen molar-refractivity contribution in [2.75, 3.05) is 0 Å². The number of aliphatic carboxylic acids is 1. The second-order valence-electron chi connectivity index (χ2n) is 2.90. The molecule has 0 bridgehead atoms. The molecule has 76 valence electrons. The average Bonchev–Trinajstić information content (AvgIpc) is 2.11. The zero-order valence-corrected chi connectivity index (χ0v) is 9.55. The number of nitrogens with two attached hydrogens (primary N) is 1. The standard InChI is InChI=1S/C9H9BrClNO2/c10-6-3-5(1-2-7(6)11)4-8(12)9(13)14/h1-3,8H,4,12H2,(H,13,14)/t8-/m0/s1. The van der Waals surface area contributed by atoms with Crippen molar-refractivity contribution in [2.24, 2.45) is 5.73 Å². The third kappa shape index (κ3) is 2.97. The Hall–Kier alpha value is -0.580. The number of benzene rings is 1. The van der Waals surface area contributed by atoms with Crippen LogP contribution in [0.4, 0.5) is 0 Å². The van der Waals surface area contributed by atoms with Crippen molar-refractivity contribution < 1.29 is 9.90 Å². The van der Waals surface area contributed by atoms with Gasteiger partial charge in [0.1, 0.15) is 6.04 Å². The van der Waals surface area contributed by atoms with Crippen molar-refractivity contribution in [3.05, 3.63) is 33.3 Å². The van der Waals surface area contributed by atoms with Gasteiger partial charge >= 0.3 is 5.97 Å². The van der Waals surface area contributed by atoms with Crippen molar-refractivity contribution in [3.63, 3.8) is 0 Å². The van der Waals surface area contributed by atoms with E-state index in [1.165, 1.54) is 0 Å². The van der Waals surface area contributed by atoms with Crippen LogP contribution >= 0.6 is 27.5 Å². The second kappa shape index (κ2) is 4.77. The Labute approximate surface area is 95.0 Å². The van der Waals surface area contributed by atoms with Crippen molar-refractivity contribution in [2.45, 2.75) is 12.5 Å². The lowest BCUT2D eigenvalue weighted by molar-refractivity contribution is -0.138. The first-order valence-corrected chi connectivity index (χ1v) is 5.10. The van der Waals surface area contributed by atoms with Crippen LogP contribution in [0.25, 0.3) is 0 Å². The van der Waals surface area contributed by atoms with E-state index in [0.717, 1.165) is 10.0 Å². The minimum atomic E-state index is -1.00. The first kappa shape index (κ1) is 11.5. The maximum absolute atomic E-state index is 10.5. The number of carbonyl (C=O) groups is 1. The molecule has 14 heavy (non-hydrogen) atoms. The van der Waals surface area contributed by atoms with Crippen LogP contribution in [0, 0.1) is 0 Å². The van der Waals surface area contributed by atoms with Crippen molar-refractivity contribution >= 4 is 33.5 Å². The lowest BCUT2D eigenvalue weighted by atomic mass is 10.1. The number of carboxylic acids is 1. The smallest absolute Gasteiger partial charge is 0.320 e. The third-order valence-electron chi connectivity index (χ3n) is 1.76. The summed E-state index contributed by atoms with van der Waals surface area (Å²) in [6.45, 7) is 0. The van der Waals surface area contributed by atoms with E-state index in [4.69, 9.17) is 22.4 Å². The van der Waals surface area contributed by atoms with Crippen LogP contribution in [0.3, 0.4) is 0 Å². The summed E-state index contributed by atoms with van der Waals surface area (Å²) in [5.41, 5.74) is 6.23. The second-order valence-corrected chi connectivity index (χ2v) is 4.16. The topological polar surface area (TPSA) is 63.3 Å². The highest BCUT2D eigenvalue weighted by Crippen LogP contribution is 2.23. The van der Waals surface area contributed by atoms with Crippen molar-refractivity contribution in [1.82, 2.24) is 0 Å². The first-order chi connectivity index (χ1) is 6.50. The normalized spacial score (nSPS) is 12.5. The molecule has 0 saturated carbocycles. The Morgan fingerprint density at radius 3 is 2.79 bits per heavy atom. The molecule has 0 aromatic heterocycles. The Bertz CT molecular complexity index is 357. The zero-order chi connectivity index (χ0) is 10.7. The molecule has 0 unspecified atom stereocenters. The summed E-state index contributed by atoms with van der Waals surface area (Å²) in [5, 5.41) is 9.20. The molecule has 3 N–H and O–H groups in total. The molecule has 1 rings (SSSR count). The Balaban J connectivity index is 2.78. The molecule has 0 saturated heterocycles. The number of carboxylic acid groups (broad SMARTS) is 1. The van der Waals surface area contributed by atoms with E-state index in [1.54, 1.807) is 18.2 Å². The summed E-state index contributed by atoms with van der Waals surface area (Å²) in [5.74, 6) is -1.00. The van der Waals surface area contributed by atoms with E-state index >= 15 is 0 Å². The van der Waals surface area contributed by atoms with Gasteiger partial charge in [0.25, 0.3) is 0 Å². The quantitative estimate of drug-likeness (QED) is 0.889. The van der Waals surface area contributed by atoms with Gasteiger partial charge in [0.15, 0.2) is 0 Å². The molecule has 1 aromatic rings. The minimum absolute atomic E-state index is 0.297. The summed E-state index contributed by atoms with van der Waals surface area (Å²) >= 11 is 9.04. The predicted octanol–water partition coefficient (Wildman–Crippen LogP) is 2.06. The molecule has 0 aliphatic heterocycles. The van der Waals surface area contributed by atoms with E-state index in [-0.39, 0.29) is 0 Å². The predicted molar refractivity (Wildman–Crippen MR) is 58.5 cm³/mol. The van der Waals surface area contributed by atoms with Gasteiger partial charge in [0.05, 0.1) is 5.02 Å². The number of rotatable bonds is 3. The maximum Gasteiger partial charge on any atom is 0.320 e. The van der Waals surface area contributed by atoms with Crippen LogP contribution in [0.1, 0.15) is 5.56 Å². The molecule has 0 aliphatic rings. The molecule has 3 nitrogen and oxygen atoms in total. The van der Waals surface area contributed by atoms with E-state index < -0.39 is 12.0 Å². The fourth-order valence-corrected chi connectivity index (χ4v) is 1.55. The van der Waals surface area contributed by atoms with Gasteiger partial charge in [-0.05, 0) is 40.0 Å². The number of hydrogen-bond acceptors (Lipinski definition) is 2. The van der Waals surface area contributed by atoms with E-state index in [9.17, 15) is 4.79 Å². The van der Waals surface area contributed by atoms with Gasteiger partial charge in [0.2, 0.25) is 0 Å². The molecule has 0 fully saturated rings. The van der Waals surface area contributed by atoms with Crippen LogP contribution in [-0.2, 0) is 11.2 Å². The lowest BCUT2D eigenvalue weighted by Gasteiger charge is -2.07. The highest BCUT2D eigenvalue weighted by molar-refractivity contribution is 9.10. The Morgan fingerprint density at radius 1 is 1.64 bits per heavy atom. The van der Waals surface area contributed by atoms with Crippen molar-refractivity contribution in [3.8, 4) is 0 Å². The SMILES string of the molecule is N[C@@H](Cc1ccc(Cl)c(Br)c1)C(=O)O. The maximum atomic E-state index is 10.5. The van der Waals surface area contributed by atoms with Crippen LogP contribution in [0.2, 0.25) is 5.02 Å². The van der Waals surface area contributed by atoms with Gasteiger partial charge in [-0.1, -0.05) is 17.7 Å². The summed E-state index contributed by atoms with van der Waals surface area (Å²) < 4.78 is 0.745. The van der Waals surface area contributed by atoms with E-state index in [0.29, 0.717) is 11.4 Å². The zero-order valence-electron chi connectivity index (χ0n) is 7.21. The van der Waals surface area contributed by atoms with Gasteiger partial charge in [-0.2, -0.15) is 0 Å². The van der Waals surface area contributed by atoms with Gasteiger partial charge in [-0.3, -0.25) is 4.79 Å². The van der Waals surface area contributed by atoms with Gasteiger partial charge in [-0.25, -0.2) is 0 Å². The molecule has 0 amide bonds. The van der Waals surface area contributed by atoms with Crippen LogP contribution in [0.5, 0.6) is 0 Å². The summed E-state index contributed by atoms with van der Waals surface area (Å²) in [4.78, 5) is 10.5. The van der Waals surface area contributed by atoms with Crippen LogP contribution < -0.4 is 5.73 Å². The number of halogens is 2. The van der Waals surface area contributed by atoms with Crippen molar-refractivity contribution in [1.29, 1.82) is 0 Å². The molecule has 0 radical (unpaired) electrons. The van der Waals surface area contributed by atoms with Gasteiger partial charge in [0, 0.05) is 4.47 Å². The van der Waals surface area contributed by atoms with Crippen LogP contribution in [-0.4, -0.2) is 17.1 Å². The molecular weight excluding hydrogens is 269 g/mol. The molecule has 1 aromatic carbocycles. The highest BCUT2D eigenvalue weighted by Gasteiger charge is 2.12. The lowest BCUT2D eigenvalue weighted by Crippen LogP contribution is -2.32. The Kier molecular flexibility index (Phi) is 3.92. The monoisotopic (exact) mass is 277 g/mol. The summed E-state index contributed by atoms with van der Waals surface area (Å²) in [6.07, 6.45) is 0.297. The average molecular weight is 279 g/mol. The minimum Gasteiger partial charge on any atom is -0.480 e. The molecule has 1 atom stereocenters. The third-order valence-corrected chi connectivity index (χ3v) is 2.97. The van der Waals surface area contributed by atoms with Crippen LogP contribution in [0.15, 0.2) is 22.7 Å². The van der Waals surface area contributed by atoms with E-state index in [2.05, 4.69) is 15.9 Å². The Morgan fingerprint density at radius 2 is 2.29 bits per heavy atom. The molecular formula is C9H9BrClNO2.